The molecule has 0 unspecified atom stereocenters. The number of esters is 1. The Labute approximate surface area is 183 Å². The standard InChI is InChI=1S/C26H18N2O4/c1-31-20-13-11-17-12-14-21(16-18(17)15-20)32-26(30)24-22-9-5-6-10-23(22)25(29)28(27-24)19-7-3-2-4-8-19/h2-16H,1H3. The van der Waals surface area contributed by atoms with Crippen LogP contribution in [0, 0.1) is 0 Å². The van der Waals surface area contributed by atoms with Crippen LogP contribution in [0.4, 0.5) is 0 Å². The van der Waals surface area contributed by atoms with Crippen LogP contribution < -0.4 is 15.0 Å². The molecule has 32 heavy (non-hydrogen) atoms. The fraction of sp³-hybridized carbons (Fsp3) is 0.0385. The molecule has 156 valence electrons. The predicted molar refractivity (Wildman–Crippen MR) is 123 cm³/mol. The molecule has 6 heteroatoms. The second-order valence-electron chi connectivity index (χ2n) is 7.21. The van der Waals surface area contributed by atoms with Gasteiger partial charge in [-0.3, -0.25) is 4.79 Å². The van der Waals surface area contributed by atoms with Crippen LogP contribution >= 0.6 is 0 Å². The van der Waals surface area contributed by atoms with Gasteiger partial charge < -0.3 is 9.47 Å². The maximum absolute atomic E-state index is 13.2. The smallest absolute Gasteiger partial charge is 0.364 e. The summed E-state index contributed by atoms with van der Waals surface area (Å²) in [5.41, 5.74) is 0.325. The number of methoxy groups -OCH3 is 1. The molecule has 0 amide bonds. The van der Waals surface area contributed by atoms with Crippen LogP contribution in [0.15, 0.2) is 95.8 Å². The lowest BCUT2D eigenvalue weighted by molar-refractivity contribution is 0.0729. The van der Waals surface area contributed by atoms with Crippen molar-refractivity contribution in [3.63, 3.8) is 0 Å². The third-order valence-electron chi connectivity index (χ3n) is 5.23. The summed E-state index contributed by atoms with van der Waals surface area (Å²) in [5, 5.41) is 7.07. The van der Waals surface area contributed by atoms with Crippen LogP contribution in [0.2, 0.25) is 0 Å². The molecular weight excluding hydrogens is 404 g/mol. The molecule has 0 N–H and O–H groups in total. The Morgan fingerprint density at radius 1 is 0.781 bits per heavy atom. The predicted octanol–water partition coefficient (Wildman–Crippen LogP) is 4.77. The molecule has 0 spiro atoms. The number of ether oxygens (including phenoxy) is 2. The Kier molecular flexibility index (Phi) is 4.88. The van der Waals surface area contributed by atoms with E-state index in [0.717, 1.165) is 10.8 Å². The molecule has 0 saturated heterocycles. The highest BCUT2D eigenvalue weighted by Gasteiger charge is 2.19. The minimum Gasteiger partial charge on any atom is -0.497 e. The van der Waals surface area contributed by atoms with Gasteiger partial charge in [-0.15, -0.1) is 0 Å². The van der Waals surface area contributed by atoms with E-state index in [-0.39, 0.29) is 11.3 Å². The molecule has 0 atom stereocenters. The van der Waals surface area contributed by atoms with E-state index < -0.39 is 5.97 Å². The van der Waals surface area contributed by atoms with E-state index in [0.29, 0.717) is 28.0 Å². The maximum atomic E-state index is 13.2. The maximum Gasteiger partial charge on any atom is 0.364 e. The molecule has 0 saturated carbocycles. The number of carbonyl (C=O) groups excluding carboxylic acids is 1. The summed E-state index contributed by atoms with van der Waals surface area (Å²) >= 11 is 0. The van der Waals surface area contributed by atoms with Crippen LogP contribution in [-0.4, -0.2) is 22.9 Å². The van der Waals surface area contributed by atoms with Crippen molar-refractivity contribution in [3.8, 4) is 17.2 Å². The van der Waals surface area contributed by atoms with Gasteiger partial charge in [-0.25, -0.2) is 4.79 Å². The van der Waals surface area contributed by atoms with Crippen molar-refractivity contribution in [2.75, 3.05) is 7.11 Å². The molecule has 4 aromatic carbocycles. The Hall–Kier alpha value is -4.45. The van der Waals surface area contributed by atoms with Gasteiger partial charge in [0, 0.05) is 5.39 Å². The van der Waals surface area contributed by atoms with E-state index in [9.17, 15) is 9.59 Å². The normalized spacial score (nSPS) is 10.9. The molecule has 0 aliphatic heterocycles. The van der Waals surface area contributed by atoms with Crippen molar-refractivity contribution in [2.24, 2.45) is 0 Å². The quantitative estimate of drug-likeness (QED) is 0.308. The zero-order valence-corrected chi connectivity index (χ0v) is 17.2. The third kappa shape index (κ3) is 3.48. The molecule has 1 aromatic heterocycles. The summed E-state index contributed by atoms with van der Waals surface area (Å²) in [7, 11) is 1.60. The first-order valence-electron chi connectivity index (χ1n) is 10.0. The molecule has 1 heterocycles. The minimum atomic E-state index is -0.645. The Morgan fingerprint density at radius 3 is 2.19 bits per heavy atom. The van der Waals surface area contributed by atoms with Crippen molar-refractivity contribution in [1.29, 1.82) is 0 Å². The second-order valence-corrected chi connectivity index (χ2v) is 7.21. The van der Waals surface area contributed by atoms with Gasteiger partial charge in [0.25, 0.3) is 5.56 Å². The topological polar surface area (TPSA) is 70.4 Å². The van der Waals surface area contributed by atoms with Gasteiger partial charge in [0.05, 0.1) is 18.2 Å². The summed E-state index contributed by atoms with van der Waals surface area (Å²) in [6.45, 7) is 0. The summed E-state index contributed by atoms with van der Waals surface area (Å²) < 4.78 is 12.2. The van der Waals surface area contributed by atoms with Gasteiger partial charge >= 0.3 is 5.97 Å². The summed E-state index contributed by atoms with van der Waals surface area (Å²) in [4.78, 5) is 26.2. The number of nitrogens with zero attached hydrogens (tertiary/aromatic N) is 2. The number of para-hydroxylation sites is 1. The molecule has 0 aliphatic rings. The molecule has 5 aromatic rings. The van der Waals surface area contributed by atoms with Gasteiger partial charge in [0.15, 0.2) is 5.69 Å². The average Bonchev–Trinajstić information content (AvgIpc) is 2.84. The first kappa shape index (κ1) is 19.5. The van der Waals surface area contributed by atoms with Crippen molar-refractivity contribution in [2.45, 2.75) is 0 Å². The number of rotatable bonds is 4. The van der Waals surface area contributed by atoms with Crippen LogP contribution in [0.1, 0.15) is 10.5 Å². The molecule has 0 bridgehead atoms. The van der Waals surface area contributed by atoms with Crippen molar-refractivity contribution in [1.82, 2.24) is 9.78 Å². The van der Waals surface area contributed by atoms with E-state index in [1.807, 2.05) is 30.3 Å². The van der Waals surface area contributed by atoms with Gasteiger partial charge in [0.1, 0.15) is 11.5 Å². The number of aromatic nitrogens is 2. The van der Waals surface area contributed by atoms with Gasteiger partial charge in [-0.2, -0.15) is 9.78 Å². The van der Waals surface area contributed by atoms with E-state index in [1.54, 1.807) is 67.8 Å². The molecule has 5 rings (SSSR count). The SMILES string of the molecule is COc1ccc2ccc(OC(=O)c3nn(-c4ccccc4)c(=O)c4ccccc34)cc2c1. The number of carbonyl (C=O) groups is 1. The third-order valence-corrected chi connectivity index (χ3v) is 5.23. The number of hydrogen-bond donors (Lipinski definition) is 0. The summed E-state index contributed by atoms with van der Waals surface area (Å²) in [5.74, 6) is 0.441. The number of benzene rings is 4. The highest BCUT2D eigenvalue weighted by molar-refractivity contribution is 6.03. The summed E-state index contributed by atoms with van der Waals surface area (Å²) in [6, 6.07) is 26.9. The largest absolute Gasteiger partial charge is 0.497 e. The van der Waals surface area contributed by atoms with Gasteiger partial charge in [0.2, 0.25) is 0 Å². The highest BCUT2D eigenvalue weighted by Crippen LogP contribution is 2.26. The summed E-state index contributed by atoms with van der Waals surface area (Å²) in [6.07, 6.45) is 0. The molecule has 0 radical (unpaired) electrons. The monoisotopic (exact) mass is 422 g/mol. The fourth-order valence-electron chi connectivity index (χ4n) is 3.63. The Morgan fingerprint density at radius 2 is 1.44 bits per heavy atom. The highest BCUT2D eigenvalue weighted by atomic mass is 16.5. The van der Waals surface area contributed by atoms with Crippen molar-refractivity contribution in [3.05, 3.63) is 107 Å². The lowest BCUT2D eigenvalue weighted by Crippen LogP contribution is -2.25. The van der Waals surface area contributed by atoms with Crippen LogP contribution in [-0.2, 0) is 0 Å². The fourth-order valence-corrected chi connectivity index (χ4v) is 3.63. The van der Waals surface area contributed by atoms with E-state index >= 15 is 0 Å². The van der Waals surface area contributed by atoms with Gasteiger partial charge in [-0.1, -0.05) is 48.5 Å². The van der Waals surface area contributed by atoms with Crippen LogP contribution in [0.25, 0.3) is 27.2 Å². The van der Waals surface area contributed by atoms with Crippen molar-refractivity contribution >= 4 is 27.5 Å². The molecule has 6 nitrogen and oxygen atoms in total. The zero-order chi connectivity index (χ0) is 22.1. The number of fused-ring (bicyclic) bond motifs is 2. The number of hydrogen-bond acceptors (Lipinski definition) is 5. The Bertz CT molecular complexity index is 1520. The van der Waals surface area contributed by atoms with E-state index in [1.165, 1.54) is 4.68 Å². The van der Waals surface area contributed by atoms with E-state index in [2.05, 4.69) is 5.10 Å². The lowest BCUT2D eigenvalue weighted by atomic mass is 10.1. The minimum absolute atomic E-state index is 0.0646. The van der Waals surface area contributed by atoms with Gasteiger partial charge in [-0.05, 0) is 53.2 Å². The lowest BCUT2D eigenvalue weighted by Gasteiger charge is -2.11. The van der Waals surface area contributed by atoms with Crippen LogP contribution in [0.5, 0.6) is 11.5 Å². The van der Waals surface area contributed by atoms with Crippen LogP contribution in [0.3, 0.4) is 0 Å². The second kappa shape index (κ2) is 8.00. The Balaban J connectivity index is 1.60. The van der Waals surface area contributed by atoms with Crippen molar-refractivity contribution < 1.29 is 14.3 Å². The molecule has 0 aliphatic carbocycles. The average molecular weight is 422 g/mol. The molecular formula is C26H18N2O4. The van der Waals surface area contributed by atoms with E-state index in [4.69, 9.17) is 9.47 Å². The first-order chi connectivity index (χ1) is 15.6. The molecule has 0 fully saturated rings. The first-order valence-corrected chi connectivity index (χ1v) is 10.0. The zero-order valence-electron chi connectivity index (χ0n) is 17.2.